The van der Waals surface area contributed by atoms with Gasteiger partial charge in [0.1, 0.15) is 5.82 Å². The van der Waals surface area contributed by atoms with Crippen LogP contribution >= 0.6 is 40.2 Å². The van der Waals surface area contributed by atoms with Gasteiger partial charge in [-0.15, -0.1) is 12.6 Å². The van der Waals surface area contributed by atoms with E-state index < -0.39 is 0 Å². The van der Waals surface area contributed by atoms with Crippen molar-refractivity contribution in [2.24, 2.45) is 0 Å². The van der Waals surface area contributed by atoms with E-state index in [0.29, 0.717) is 20.0 Å². The van der Waals surface area contributed by atoms with Crippen LogP contribution in [0, 0.1) is 5.82 Å². The Morgan fingerprint density at radius 2 is 1.81 bits per heavy atom. The summed E-state index contributed by atoms with van der Waals surface area (Å²) in [4.78, 5) is 0.422. The van der Waals surface area contributed by atoms with E-state index in [2.05, 4.69) is 28.6 Å². The molecule has 0 aliphatic heterocycles. The van der Waals surface area contributed by atoms with Crippen LogP contribution in [0.3, 0.4) is 0 Å². The normalized spacial score (nSPS) is 10.5. The summed E-state index contributed by atoms with van der Waals surface area (Å²) in [6.45, 7) is 0. The number of hydrogen-bond acceptors (Lipinski definition) is 1. The van der Waals surface area contributed by atoms with E-state index in [4.69, 9.17) is 11.6 Å². The molecule has 16 heavy (non-hydrogen) atoms. The van der Waals surface area contributed by atoms with Crippen molar-refractivity contribution in [1.82, 2.24) is 0 Å². The molecule has 0 aliphatic carbocycles. The third-order valence-electron chi connectivity index (χ3n) is 2.20. The third kappa shape index (κ3) is 2.12. The van der Waals surface area contributed by atoms with Gasteiger partial charge in [0, 0.05) is 14.9 Å². The van der Waals surface area contributed by atoms with Gasteiger partial charge in [-0.2, -0.15) is 0 Å². The standard InChI is InChI=1S/C12H7BrClFS/c13-11-10(7-4-2-1-3-5-7)8(15)6-9(16)12(11)14/h1-6,16H. The van der Waals surface area contributed by atoms with Crippen molar-refractivity contribution < 1.29 is 4.39 Å². The van der Waals surface area contributed by atoms with E-state index in [1.54, 1.807) is 0 Å². The molecule has 0 saturated heterocycles. The average Bonchev–Trinajstić information content (AvgIpc) is 2.28. The smallest absolute Gasteiger partial charge is 0.133 e. The molecule has 2 rings (SSSR count). The van der Waals surface area contributed by atoms with Gasteiger partial charge >= 0.3 is 0 Å². The summed E-state index contributed by atoms with van der Waals surface area (Å²) >= 11 is 13.4. The SMILES string of the molecule is Fc1cc(S)c(Cl)c(Br)c1-c1ccccc1. The van der Waals surface area contributed by atoms with Crippen LogP contribution in [0.1, 0.15) is 0 Å². The number of halogens is 3. The van der Waals surface area contributed by atoms with Gasteiger partial charge in [0.25, 0.3) is 0 Å². The molecule has 0 radical (unpaired) electrons. The van der Waals surface area contributed by atoms with Crippen LogP contribution in [0.5, 0.6) is 0 Å². The predicted molar refractivity (Wildman–Crippen MR) is 71.8 cm³/mol. The van der Waals surface area contributed by atoms with Crippen molar-refractivity contribution in [2.75, 3.05) is 0 Å². The molecule has 0 amide bonds. The molecule has 4 heteroatoms. The Labute approximate surface area is 112 Å². The molecular weight excluding hydrogens is 311 g/mol. The fourth-order valence-corrected chi connectivity index (χ4v) is 2.61. The zero-order valence-corrected chi connectivity index (χ0v) is 11.3. The largest absolute Gasteiger partial charge is 0.206 e. The Morgan fingerprint density at radius 3 is 2.44 bits per heavy atom. The van der Waals surface area contributed by atoms with Crippen LogP contribution in [0.4, 0.5) is 4.39 Å². The number of thiol groups is 1. The summed E-state index contributed by atoms with van der Waals surface area (Å²) in [6, 6.07) is 10.6. The lowest BCUT2D eigenvalue weighted by molar-refractivity contribution is 0.627. The van der Waals surface area contributed by atoms with E-state index in [1.807, 2.05) is 30.3 Å². The maximum absolute atomic E-state index is 13.8. The molecule has 0 saturated carbocycles. The van der Waals surface area contributed by atoms with Crippen molar-refractivity contribution in [2.45, 2.75) is 4.90 Å². The highest BCUT2D eigenvalue weighted by Gasteiger charge is 2.14. The van der Waals surface area contributed by atoms with Gasteiger partial charge in [-0.1, -0.05) is 41.9 Å². The van der Waals surface area contributed by atoms with Gasteiger partial charge in [0.15, 0.2) is 0 Å². The Hall–Kier alpha value is -0.510. The second-order valence-corrected chi connectivity index (χ2v) is 4.90. The maximum atomic E-state index is 13.8. The average molecular weight is 318 g/mol. The van der Waals surface area contributed by atoms with Crippen LogP contribution < -0.4 is 0 Å². The molecule has 0 heterocycles. The number of benzene rings is 2. The van der Waals surface area contributed by atoms with Gasteiger partial charge in [0.05, 0.1) is 5.02 Å². The summed E-state index contributed by atoms with van der Waals surface area (Å²) < 4.78 is 14.4. The lowest BCUT2D eigenvalue weighted by Gasteiger charge is -2.09. The molecular formula is C12H7BrClFS. The monoisotopic (exact) mass is 316 g/mol. The quantitative estimate of drug-likeness (QED) is 0.542. The first-order valence-corrected chi connectivity index (χ1v) is 6.15. The van der Waals surface area contributed by atoms with Crippen molar-refractivity contribution >= 4 is 40.2 Å². The summed E-state index contributed by atoms with van der Waals surface area (Å²) in [6.07, 6.45) is 0. The molecule has 0 aliphatic rings. The van der Waals surface area contributed by atoms with Gasteiger partial charge in [-0.25, -0.2) is 4.39 Å². The van der Waals surface area contributed by atoms with E-state index in [0.717, 1.165) is 5.56 Å². The summed E-state index contributed by atoms with van der Waals surface area (Å²) in [5.74, 6) is -0.340. The van der Waals surface area contributed by atoms with Crippen molar-refractivity contribution in [3.63, 3.8) is 0 Å². The molecule has 2 aromatic carbocycles. The molecule has 0 fully saturated rings. The molecule has 82 valence electrons. The minimum Gasteiger partial charge on any atom is -0.206 e. The summed E-state index contributed by atoms with van der Waals surface area (Å²) in [5.41, 5.74) is 1.24. The maximum Gasteiger partial charge on any atom is 0.133 e. The highest BCUT2D eigenvalue weighted by molar-refractivity contribution is 9.10. The molecule has 0 spiro atoms. The minimum absolute atomic E-state index is 0.340. The van der Waals surface area contributed by atoms with Crippen LogP contribution in [0.2, 0.25) is 5.02 Å². The van der Waals surface area contributed by atoms with Gasteiger partial charge in [-0.05, 0) is 27.6 Å². The second-order valence-electron chi connectivity index (χ2n) is 3.25. The molecule has 0 N–H and O–H groups in total. The highest BCUT2D eigenvalue weighted by atomic mass is 79.9. The Bertz CT molecular complexity index is 528. The van der Waals surface area contributed by atoms with Crippen LogP contribution in [-0.4, -0.2) is 0 Å². The molecule has 0 atom stereocenters. The fraction of sp³-hybridized carbons (Fsp3) is 0. The van der Waals surface area contributed by atoms with Gasteiger partial charge in [-0.3, -0.25) is 0 Å². The van der Waals surface area contributed by atoms with E-state index in [-0.39, 0.29) is 5.82 Å². The van der Waals surface area contributed by atoms with E-state index in [9.17, 15) is 4.39 Å². The Kier molecular flexibility index (Phi) is 3.57. The van der Waals surface area contributed by atoms with Crippen LogP contribution in [-0.2, 0) is 0 Å². The zero-order chi connectivity index (χ0) is 11.7. The van der Waals surface area contributed by atoms with Crippen LogP contribution in [0.25, 0.3) is 11.1 Å². The molecule has 0 aromatic heterocycles. The first-order chi connectivity index (χ1) is 7.61. The molecule has 0 nitrogen and oxygen atoms in total. The Balaban J connectivity index is 2.71. The van der Waals surface area contributed by atoms with Gasteiger partial charge < -0.3 is 0 Å². The van der Waals surface area contributed by atoms with E-state index in [1.165, 1.54) is 6.07 Å². The minimum atomic E-state index is -0.340. The van der Waals surface area contributed by atoms with Crippen molar-refractivity contribution in [1.29, 1.82) is 0 Å². The molecule has 0 unspecified atom stereocenters. The number of hydrogen-bond donors (Lipinski definition) is 1. The summed E-state index contributed by atoms with van der Waals surface area (Å²) in [7, 11) is 0. The Morgan fingerprint density at radius 1 is 1.19 bits per heavy atom. The third-order valence-corrected chi connectivity index (χ3v) is 4.10. The summed E-state index contributed by atoms with van der Waals surface area (Å²) in [5, 5.41) is 0.420. The lowest BCUT2D eigenvalue weighted by atomic mass is 10.1. The fourth-order valence-electron chi connectivity index (χ4n) is 1.45. The van der Waals surface area contributed by atoms with Crippen molar-refractivity contribution in [3.05, 3.63) is 51.7 Å². The second kappa shape index (κ2) is 4.78. The number of rotatable bonds is 1. The zero-order valence-electron chi connectivity index (χ0n) is 8.05. The highest BCUT2D eigenvalue weighted by Crippen LogP contribution is 2.39. The lowest BCUT2D eigenvalue weighted by Crippen LogP contribution is -1.88. The van der Waals surface area contributed by atoms with Crippen LogP contribution in [0.15, 0.2) is 45.8 Å². The first kappa shape index (κ1) is 12.0. The van der Waals surface area contributed by atoms with Gasteiger partial charge in [0.2, 0.25) is 0 Å². The molecule has 2 aromatic rings. The van der Waals surface area contributed by atoms with Crippen molar-refractivity contribution in [3.8, 4) is 11.1 Å². The van der Waals surface area contributed by atoms with E-state index >= 15 is 0 Å². The topological polar surface area (TPSA) is 0 Å². The molecule has 0 bridgehead atoms. The predicted octanol–water partition coefficient (Wildman–Crippen LogP) is 5.20. The first-order valence-electron chi connectivity index (χ1n) is 4.53.